The van der Waals surface area contributed by atoms with Crippen LogP contribution in [0.15, 0.2) is 78.9 Å². The van der Waals surface area contributed by atoms with Crippen LogP contribution in [0, 0.1) is 0 Å². The van der Waals surface area contributed by atoms with Gasteiger partial charge in [0, 0.05) is 16.3 Å². The molecule has 1 aliphatic heterocycles. The van der Waals surface area contributed by atoms with Gasteiger partial charge < -0.3 is 11.1 Å². The van der Waals surface area contributed by atoms with Gasteiger partial charge in [0.25, 0.3) is 5.91 Å². The molecule has 0 saturated heterocycles. The summed E-state index contributed by atoms with van der Waals surface area (Å²) in [4.78, 5) is 12.5. The molecular formula is C21H18ClN3O. The van der Waals surface area contributed by atoms with Crippen molar-refractivity contribution in [2.24, 2.45) is 5.73 Å². The molecule has 0 fully saturated rings. The van der Waals surface area contributed by atoms with Gasteiger partial charge in [-0.05, 0) is 29.3 Å². The number of rotatable bonds is 2. The van der Waals surface area contributed by atoms with Gasteiger partial charge in [-0.2, -0.15) is 0 Å². The summed E-state index contributed by atoms with van der Waals surface area (Å²) in [5.41, 5.74) is 8.89. The van der Waals surface area contributed by atoms with Crippen LogP contribution < -0.4 is 16.4 Å². The third-order valence-corrected chi connectivity index (χ3v) is 4.94. The summed E-state index contributed by atoms with van der Waals surface area (Å²) in [6.07, 6.45) is -0.887. The topological polar surface area (TPSA) is 67.2 Å². The van der Waals surface area contributed by atoms with Crippen molar-refractivity contribution in [1.82, 2.24) is 5.32 Å². The largest absolute Gasteiger partial charge is 0.323 e. The number of para-hydroxylation sites is 1. The highest BCUT2D eigenvalue weighted by atomic mass is 35.5. The van der Waals surface area contributed by atoms with Gasteiger partial charge in [0.1, 0.15) is 6.17 Å². The fourth-order valence-electron chi connectivity index (χ4n) is 3.56. The molecule has 26 heavy (non-hydrogen) atoms. The Morgan fingerprint density at radius 3 is 2.35 bits per heavy atom. The van der Waals surface area contributed by atoms with E-state index in [-0.39, 0.29) is 5.91 Å². The number of carbonyl (C=O) groups is 1. The van der Waals surface area contributed by atoms with Crippen molar-refractivity contribution in [1.29, 1.82) is 0 Å². The number of fused-ring (bicyclic) bond motifs is 1. The molecule has 3 aromatic rings. The fraction of sp³-hybridized carbons (Fsp3) is 0.0952. The van der Waals surface area contributed by atoms with Crippen LogP contribution in [0.25, 0.3) is 0 Å². The van der Waals surface area contributed by atoms with Gasteiger partial charge in [-0.15, -0.1) is 0 Å². The van der Waals surface area contributed by atoms with Gasteiger partial charge in [0.15, 0.2) is 0 Å². The molecule has 1 heterocycles. The Balaban J connectivity index is 2.09. The Morgan fingerprint density at radius 1 is 0.885 bits per heavy atom. The molecule has 5 heteroatoms. The first kappa shape index (κ1) is 16.8. The fourth-order valence-corrected chi connectivity index (χ4v) is 3.75. The molecule has 2 unspecified atom stereocenters. The molecule has 3 aromatic carbocycles. The molecule has 4 nitrogen and oxygen atoms in total. The zero-order valence-electron chi connectivity index (χ0n) is 13.9. The summed E-state index contributed by atoms with van der Waals surface area (Å²) in [7, 11) is 0. The quantitative estimate of drug-likeness (QED) is 0.653. The van der Waals surface area contributed by atoms with E-state index in [0.717, 1.165) is 22.4 Å². The van der Waals surface area contributed by atoms with Crippen molar-refractivity contribution in [3.63, 3.8) is 0 Å². The van der Waals surface area contributed by atoms with Crippen molar-refractivity contribution in [3.8, 4) is 0 Å². The van der Waals surface area contributed by atoms with Gasteiger partial charge in [0.2, 0.25) is 0 Å². The highest BCUT2D eigenvalue weighted by Gasteiger charge is 2.42. The number of nitrogens with two attached hydrogens (primary N) is 1. The van der Waals surface area contributed by atoms with Gasteiger partial charge in [-0.3, -0.25) is 10.1 Å². The van der Waals surface area contributed by atoms with Crippen molar-refractivity contribution in [2.45, 2.75) is 11.7 Å². The average molecular weight is 364 g/mol. The number of amides is 1. The molecule has 0 saturated carbocycles. The lowest BCUT2D eigenvalue weighted by Gasteiger charge is -2.37. The molecule has 0 radical (unpaired) electrons. The molecule has 0 aromatic heterocycles. The standard InChI is InChI=1S/C21H18ClN3O/c22-16-10-6-9-15(13-16)21(14-7-2-1-3-8-14)17-11-4-5-12-18(17)24-20(26)19(23)25-21/h1-13,19,25H,23H2,(H,24,26). The average Bonchev–Trinajstić information content (AvgIpc) is 2.78. The predicted molar refractivity (Wildman–Crippen MR) is 104 cm³/mol. The van der Waals surface area contributed by atoms with Crippen LogP contribution in [0.5, 0.6) is 0 Å². The van der Waals surface area contributed by atoms with Crippen molar-refractivity contribution < 1.29 is 4.79 Å². The molecule has 4 N–H and O–H groups in total. The van der Waals surface area contributed by atoms with Crippen LogP contribution in [0.1, 0.15) is 16.7 Å². The van der Waals surface area contributed by atoms with E-state index in [0.29, 0.717) is 5.02 Å². The second kappa shape index (κ2) is 6.57. The number of nitrogens with one attached hydrogen (secondary N) is 2. The first-order chi connectivity index (χ1) is 12.6. The van der Waals surface area contributed by atoms with E-state index in [2.05, 4.69) is 10.6 Å². The van der Waals surface area contributed by atoms with Crippen LogP contribution in [-0.2, 0) is 10.3 Å². The van der Waals surface area contributed by atoms with Gasteiger partial charge in [-0.25, -0.2) is 0 Å². The van der Waals surface area contributed by atoms with E-state index in [4.69, 9.17) is 17.3 Å². The number of hydrogen-bond acceptors (Lipinski definition) is 3. The maximum Gasteiger partial charge on any atom is 0.256 e. The summed E-state index contributed by atoms with van der Waals surface area (Å²) in [6.45, 7) is 0. The number of benzene rings is 3. The Hall–Kier alpha value is -2.66. The lowest BCUT2D eigenvalue weighted by molar-refractivity contribution is -0.118. The Kier molecular flexibility index (Phi) is 4.24. The van der Waals surface area contributed by atoms with E-state index in [1.54, 1.807) is 0 Å². The molecule has 0 aliphatic carbocycles. The minimum absolute atomic E-state index is 0.280. The SMILES string of the molecule is NC1NC(c2ccccc2)(c2cccc(Cl)c2)c2ccccc2NC1=O. The van der Waals surface area contributed by atoms with Gasteiger partial charge in [0.05, 0.1) is 5.54 Å². The molecular weight excluding hydrogens is 346 g/mol. The molecule has 2 atom stereocenters. The van der Waals surface area contributed by atoms with Crippen LogP contribution >= 0.6 is 11.6 Å². The van der Waals surface area contributed by atoms with E-state index in [1.165, 1.54) is 0 Å². The first-order valence-corrected chi connectivity index (χ1v) is 8.74. The normalized spacial score (nSPS) is 22.2. The van der Waals surface area contributed by atoms with E-state index in [9.17, 15) is 4.79 Å². The third kappa shape index (κ3) is 2.69. The maximum absolute atomic E-state index is 12.5. The zero-order chi connectivity index (χ0) is 18.1. The van der Waals surface area contributed by atoms with Crippen LogP contribution in [0.4, 0.5) is 5.69 Å². The number of anilines is 1. The monoisotopic (exact) mass is 363 g/mol. The second-order valence-corrected chi connectivity index (χ2v) is 6.72. The third-order valence-electron chi connectivity index (χ3n) is 4.71. The van der Waals surface area contributed by atoms with Gasteiger partial charge in [-0.1, -0.05) is 72.3 Å². The summed E-state index contributed by atoms with van der Waals surface area (Å²) >= 11 is 6.30. The Bertz CT molecular complexity index is 960. The van der Waals surface area contributed by atoms with E-state index >= 15 is 0 Å². The van der Waals surface area contributed by atoms with Crippen LogP contribution in [0.2, 0.25) is 5.02 Å². The lowest BCUT2D eigenvalue weighted by Crippen LogP contribution is -2.55. The van der Waals surface area contributed by atoms with E-state index in [1.807, 2.05) is 78.9 Å². The highest BCUT2D eigenvalue weighted by molar-refractivity contribution is 6.30. The molecule has 1 amide bonds. The summed E-state index contributed by atoms with van der Waals surface area (Å²) in [5, 5.41) is 6.91. The Labute approximate surface area is 157 Å². The highest BCUT2D eigenvalue weighted by Crippen LogP contribution is 2.42. The number of carbonyl (C=O) groups excluding carboxylic acids is 1. The van der Waals surface area contributed by atoms with E-state index < -0.39 is 11.7 Å². The summed E-state index contributed by atoms with van der Waals surface area (Å²) in [5.74, 6) is -0.280. The first-order valence-electron chi connectivity index (χ1n) is 8.36. The van der Waals surface area contributed by atoms with Crippen LogP contribution in [0.3, 0.4) is 0 Å². The minimum Gasteiger partial charge on any atom is -0.323 e. The molecule has 0 bridgehead atoms. The smallest absolute Gasteiger partial charge is 0.256 e. The lowest BCUT2D eigenvalue weighted by atomic mass is 9.76. The van der Waals surface area contributed by atoms with Gasteiger partial charge >= 0.3 is 0 Å². The van der Waals surface area contributed by atoms with Crippen molar-refractivity contribution >= 4 is 23.2 Å². The predicted octanol–water partition coefficient (Wildman–Crippen LogP) is 3.46. The summed E-state index contributed by atoms with van der Waals surface area (Å²) < 4.78 is 0. The van der Waals surface area contributed by atoms with Crippen LogP contribution in [-0.4, -0.2) is 12.1 Å². The second-order valence-electron chi connectivity index (χ2n) is 6.28. The zero-order valence-corrected chi connectivity index (χ0v) is 14.7. The minimum atomic E-state index is -0.887. The molecule has 130 valence electrons. The Morgan fingerprint density at radius 2 is 1.58 bits per heavy atom. The summed E-state index contributed by atoms with van der Waals surface area (Å²) in [6, 6.07) is 25.3. The molecule has 0 spiro atoms. The van der Waals surface area contributed by atoms with Crippen molar-refractivity contribution in [3.05, 3.63) is 101 Å². The molecule has 1 aliphatic rings. The molecule has 4 rings (SSSR count). The van der Waals surface area contributed by atoms with Crippen molar-refractivity contribution in [2.75, 3.05) is 5.32 Å². The number of hydrogen-bond donors (Lipinski definition) is 3. The number of halogens is 1. The maximum atomic E-state index is 12.5.